The van der Waals surface area contributed by atoms with Gasteiger partial charge in [0.1, 0.15) is 0 Å². The number of unbranched alkanes of at least 4 members (excludes halogenated alkanes) is 1. The first-order valence-corrected chi connectivity index (χ1v) is 9.57. The quantitative estimate of drug-likeness (QED) is 0.307. The van der Waals surface area contributed by atoms with Crippen LogP contribution in [0.25, 0.3) is 28.2 Å². The van der Waals surface area contributed by atoms with Gasteiger partial charge < -0.3 is 0 Å². The second kappa shape index (κ2) is 9.27. The summed E-state index contributed by atoms with van der Waals surface area (Å²) < 4.78 is 12.8. The van der Waals surface area contributed by atoms with Gasteiger partial charge in [0.05, 0.1) is 17.4 Å². The molecule has 2 heteroatoms. The molecule has 27 heavy (non-hydrogen) atoms. The van der Waals surface area contributed by atoms with Crippen molar-refractivity contribution in [2.45, 2.75) is 38.8 Å². The van der Waals surface area contributed by atoms with Gasteiger partial charge >= 0.3 is 0 Å². The van der Waals surface area contributed by atoms with Gasteiger partial charge in [-0.1, -0.05) is 54.6 Å². The van der Waals surface area contributed by atoms with Crippen LogP contribution in [0, 0.1) is 0 Å². The fourth-order valence-corrected chi connectivity index (χ4v) is 3.13. The normalized spacial score (nSPS) is 12.5. The summed E-state index contributed by atoms with van der Waals surface area (Å²) in [5.41, 5.74) is 5.50. The van der Waals surface area contributed by atoms with Gasteiger partial charge in [-0.05, 0) is 61.9 Å². The summed E-state index contributed by atoms with van der Waals surface area (Å²) >= 11 is 0. The Hall–Kier alpha value is -2.74. The average molecular weight is 359 g/mol. The molecule has 138 valence electrons. The van der Waals surface area contributed by atoms with Crippen molar-refractivity contribution in [2.75, 3.05) is 0 Å². The molecule has 1 heterocycles. The number of benzene rings is 2. The van der Waals surface area contributed by atoms with E-state index in [2.05, 4.69) is 73.3 Å². The molecule has 0 saturated heterocycles. The SMILES string of the molecule is C=CCc1ccc2nc(-c3ccc(C=CCCCC(C)F)cc3)ccc2c1. The summed E-state index contributed by atoms with van der Waals surface area (Å²) in [6.07, 6.45) is 8.73. The standard InChI is InChI=1S/C25H26FN/c1-3-7-21-12-16-25-23(18-21)15-17-24(27-25)22-13-10-20(11-14-22)9-6-4-5-8-19(2)26/h3,6,9-19H,1,4-5,7-8H2,2H3. The van der Waals surface area contributed by atoms with E-state index in [-0.39, 0.29) is 0 Å². The molecule has 0 aliphatic rings. The Labute approximate surface area is 161 Å². The summed E-state index contributed by atoms with van der Waals surface area (Å²) in [7, 11) is 0. The van der Waals surface area contributed by atoms with Crippen LogP contribution in [-0.4, -0.2) is 11.2 Å². The van der Waals surface area contributed by atoms with E-state index in [1.807, 2.05) is 6.08 Å². The number of nitrogens with zero attached hydrogens (tertiary/aromatic N) is 1. The van der Waals surface area contributed by atoms with Gasteiger partial charge in [-0.15, -0.1) is 6.58 Å². The van der Waals surface area contributed by atoms with Gasteiger partial charge in [0.2, 0.25) is 0 Å². The molecule has 0 saturated carbocycles. The molecule has 0 amide bonds. The van der Waals surface area contributed by atoms with Crippen molar-refractivity contribution in [3.8, 4) is 11.3 Å². The van der Waals surface area contributed by atoms with Crippen LogP contribution in [0.4, 0.5) is 4.39 Å². The van der Waals surface area contributed by atoms with E-state index in [1.165, 1.54) is 5.56 Å². The van der Waals surface area contributed by atoms with Crippen LogP contribution in [0.3, 0.4) is 0 Å². The lowest BCUT2D eigenvalue weighted by molar-refractivity contribution is 0.335. The molecule has 0 fully saturated rings. The highest BCUT2D eigenvalue weighted by molar-refractivity contribution is 5.82. The van der Waals surface area contributed by atoms with Crippen molar-refractivity contribution >= 4 is 17.0 Å². The van der Waals surface area contributed by atoms with Crippen LogP contribution in [0.5, 0.6) is 0 Å². The van der Waals surface area contributed by atoms with Crippen molar-refractivity contribution in [3.05, 3.63) is 84.5 Å². The molecule has 1 aromatic heterocycles. The Bertz CT molecular complexity index is 923. The first-order valence-electron chi connectivity index (χ1n) is 9.57. The molecular weight excluding hydrogens is 333 g/mol. The minimum atomic E-state index is -0.708. The predicted molar refractivity (Wildman–Crippen MR) is 115 cm³/mol. The molecule has 1 unspecified atom stereocenters. The average Bonchev–Trinajstić information content (AvgIpc) is 2.68. The Balaban J connectivity index is 1.70. The van der Waals surface area contributed by atoms with Gasteiger partial charge in [-0.2, -0.15) is 0 Å². The lowest BCUT2D eigenvalue weighted by Gasteiger charge is -2.05. The number of hydrogen-bond donors (Lipinski definition) is 0. The zero-order chi connectivity index (χ0) is 19.1. The van der Waals surface area contributed by atoms with Crippen LogP contribution >= 0.6 is 0 Å². The van der Waals surface area contributed by atoms with Crippen molar-refractivity contribution in [1.29, 1.82) is 0 Å². The van der Waals surface area contributed by atoms with E-state index < -0.39 is 6.17 Å². The second-order valence-electron chi connectivity index (χ2n) is 6.95. The molecule has 0 aliphatic carbocycles. The van der Waals surface area contributed by atoms with Crippen LogP contribution < -0.4 is 0 Å². The van der Waals surface area contributed by atoms with Gasteiger partial charge in [-0.25, -0.2) is 9.37 Å². The van der Waals surface area contributed by atoms with Crippen LogP contribution in [0.2, 0.25) is 0 Å². The highest BCUT2D eigenvalue weighted by Gasteiger charge is 2.03. The second-order valence-corrected chi connectivity index (χ2v) is 6.95. The Morgan fingerprint density at radius 1 is 1.07 bits per heavy atom. The Morgan fingerprint density at radius 2 is 1.89 bits per heavy atom. The number of pyridine rings is 1. The van der Waals surface area contributed by atoms with Crippen molar-refractivity contribution in [3.63, 3.8) is 0 Å². The summed E-state index contributed by atoms with van der Waals surface area (Å²) in [4.78, 5) is 4.80. The monoisotopic (exact) mass is 359 g/mol. The van der Waals surface area contributed by atoms with E-state index in [0.29, 0.717) is 6.42 Å². The molecule has 3 aromatic rings. The largest absolute Gasteiger partial charge is 0.248 e. The highest BCUT2D eigenvalue weighted by atomic mass is 19.1. The van der Waals surface area contributed by atoms with Gasteiger partial charge in [0.15, 0.2) is 0 Å². The lowest BCUT2D eigenvalue weighted by atomic mass is 10.0. The third-order valence-corrected chi connectivity index (χ3v) is 4.62. The van der Waals surface area contributed by atoms with E-state index in [9.17, 15) is 4.39 Å². The molecule has 0 N–H and O–H groups in total. The third-order valence-electron chi connectivity index (χ3n) is 4.62. The van der Waals surface area contributed by atoms with Crippen LogP contribution in [0.15, 0.2) is 73.3 Å². The fourth-order valence-electron chi connectivity index (χ4n) is 3.13. The minimum Gasteiger partial charge on any atom is -0.248 e. The first kappa shape index (κ1) is 19.0. The fraction of sp³-hybridized carbons (Fsp3) is 0.240. The summed E-state index contributed by atoms with van der Waals surface area (Å²) in [6, 6.07) is 19.0. The topological polar surface area (TPSA) is 12.9 Å². The Kier molecular flexibility index (Phi) is 6.54. The minimum absolute atomic E-state index is 0.631. The molecule has 1 atom stereocenters. The smallest absolute Gasteiger partial charge is 0.0973 e. The zero-order valence-electron chi connectivity index (χ0n) is 15.9. The highest BCUT2D eigenvalue weighted by Crippen LogP contribution is 2.23. The Morgan fingerprint density at radius 3 is 2.63 bits per heavy atom. The van der Waals surface area contributed by atoms with Crippen molar-refractivity contribution in [1.82, 2.24) is 4.98 Å². The predicted octanol–water partition coefficient (Wildman–Crippen LogP) is 7.17. The number of hydrogen-bond acceptors (Lipinski definition) is 1. The summed E-state index contributed by atoms with van der Waals surface area (Å²) in [5.74, 6) is 0. The number of aromatic nitrogens is 1. The number of rotatable bonds is 8. The molecule has 0 aliphatic heterocycles. The maximum absolute atomic E-state index is 12.8. The maximum atomic E-state index is 12.8. The van der Waals surface area contributed by atoms with Gasteiger partial charge in [0.25, 0.3) is 0 Å². The summed E-state index contributed by atoms with van der Waals surface area (Å²) in [6.45, 7) is 5.41. The molecule has 3 rings (SSSR count). The molecule has 1 nitrogen and oxygen atoms in total. The number of halogens is 1. The van der Waals surface area contributed by atoms with E-state index >= 15 is 0 Å². The summed E-state index contributed by atoms with van der Waals surface area (Å²) in [5, 5.41) is 1.15. The molecule has 0 radical (unpaired) electrons. The molecule has 2 aromatic carbocycles. The number of allylic oxidation sites excluding steroid dienone is 2. The van der Waals surface area contributed by atoms with E-state index in [0.717, 1.165) is 47.0 Å². The zero-order valence-corrected chi connectivity index (χ0v) is 15.9. The van der Waals surface area contributed by atoms with E-state index in [4.69, 9.17) is 4.98 Å². The van der Waals surface area contributed by atoms with Crippen LogP contribution in [0.1, 0.15) is 37.3 Å². The number of fused-ring (bicyclic) bond motifs is 1. The number of alkyl halides is 1. The van der Waals surface area contributed by atoms with E-state index in [1.54, 1.807) is 6.92 Å². The molecule has 0 spiro atoms. The third kappa shape index (κ3) is 5.37. The first-order chi connectivity index (χ1) is 13.2. The van der Waals surface area contributed by atoms with Crippen molar-refractivity contribution in [2.24, 2.45) is 0 Å². The molecular formula is C25H26FN. The van der Waals surface area contributed by atoms with Gasteiger partial charge in [-0.3, -0.25) is 0 Å². The van der Waals surface area contributed by atoms with Crippen molar-refractivity contribution < 1.29 is 4.39 Å². The van der Waals surface area contributed by atoms with Crippen LogP contribution in [-0.2, 0) is 6.42 Å². The van der Waals surface area contributed by atoms with Gasteiger partial charge in [0, 0.05) is 10.9 Å². The molecule has 0 bridgehead atoms. The lowest BCUT2D eigenvalue weighted by Crippen LogP contribution is -1.90. The maximum Gasteiger partial charge on any atom is 0.0973 e.